The van der Waals surface area contributed by atoms with Gasteiger partial charge in [0.1, 0.15) is 11.6 Å². The van der Waals surface area contributed by atoms with Crippen molar-refractivity contribution in [2.24, 2.45) is 5.41 Å². The Bertz CT molecular complexity index is 538. The summed E-state index contributed by atoms with van der Waals surface area (Å²) in [6.45, 7) is 5.74. The van der Waals surface area contributed by atoms with E-state index in [1.165, 1.54) is 25.7 Å². The molecule has 1 aliphatic carbocycles. The van der Waals surface area contributed by atoms with Crippen LogP contribution in [0.4, 0.5) is 5.82 Å². The van der Waals surface area contributed by atoms with E-state index in [9.17, 15) is 5.26 Å². The van der Waals surface area contributed by atoms with Crippen molar-refractivity contribution in [3.05, 3.63) is 16.8 Å². The van der Waals surface area contributed by atoms with E-state index in [1.54, 1.807) is 0 Å². The number of nitrogens with one attached hydrogen (secondary N) is 1. The maximum Gasteiger partial charge on any atom is 0.166 e. The standard InChI is InChI=1S/C16H25N5/c1-12-13(2)19-20-15(14(12)9-17)18-10-16(11-21(3)4)7-5-6-8-16/h5-8,10-11H2,1-4H3,(H,18,20). The van der Waals surface area contributed by atoms with Gasteiger partial charge in [0, 0.05) is 18.5 Å². The molecule has 114 valence electrons. The first kappa shape index (κ1) is 15.7. The predicted octanol–water partition coefficient (Wildman–Crippen LogP) is 2.50. The van der Waals surface area contributed by atoms with E-state index in [-0.39, 0.29) is 5.41 Å². The molecule has 1 aliphatic rings. The molecule has 0 aromatic carbocycles. The van der Waals surface area contributed by atoms with Gasteiger partial charge in [0.25, 0.3) is 0 Å². The Kier molecular flexibility index (Phi) is 4.79. The highest BCUT2D eigenvalue weighted by Crippen LogP contribution is 2.38. The first-order valence-electron chi connectivity index (χ1n) is 7.60. The number of nitrogens with zero attached hydrogens (tertiary/aromatic N) is 4. The van der Waals surface area contributed by atoms with Gasteiger partial charge in [0.2, 0.25) is 0 Å². The number of aryl methyl sites for hydroxylation is 1. The van der Waals surface area contributed by atoms with Crippen LogP contribution in [0.15, 0.2) is 0 Å². The van der Waals surface area contributed by atoms with Crippen molar-refractivity contribution >= 4 is 5.82 Å². The number of rotatable bonds is 5. The first-order valence-corrected chi connectivity index (χ1v) is 7.60. The fraction of sp³-hybridized carbons (Fsp3) is 0.688. The smallest absolute Gasteiger partial charge is 0.166 e. The summed E-state index contributed by atoms with van der Waals surface area (Å²) >= 11 is 0. The van der Waals surface area contributed by atoms with Crippen molar-refractivity contribution < 1.29 is 0 Å². The van der Waals surface area contributed by atoms with Crippen molar-refractivity contribution in [1.29, 1.82) is 5.26 Å². The molecular formula is C16H25N5. The molecule has 2 rings (SSSR count). The summed E-state index contributed by atoms with van der Waals surface area (Å²) in [4.78, 5) is 2.25. The van der Waals surface area contributed by atoms with Crippen LogP contribution >= 0.6 is 0 Å². The Hall–Kier alpha value is -1.67. The Morgan fingerprint density at radius 3 is 2.48 bits per heavy atom. The van der Waals surface area contributed by atoms with Crippen LogP contribution in [0.2, 0.25) is 0 Å². The lowest BCUT2D eigenvalue weighted by Gasteiger charge is -2.32. The topological polar surface area (TPSA) is 64.8 Å². The second kappa shape index (κ2) is 6.40. The van der Waals surface area contributed by atoms with Gasteiger partial charge >= 0.3 is 0 Å². The molecule has 0 atom stereocenters. The largest absolute Gasteiger partial charge is 0.367 e. The van der Waals surface area contributed by atoms with Gasteiger partial charge in [0.05, 0.1) is 5.69 Å². The van der Waals surface area contributed by atoms with Crippen LogP contribution in [0.5, 0.6) is 0 Å². The highest BCUT2D eigenvalue weighted by Gasteiger charge is 2.34. The third-order valence-corrected chi connectivity index (χ3v) is 4.51. The van der Waals surface area contributed by atoms with Crippen LogP contribution < -0.4 is 5.32 Å². The zero-order chi connectivity index (χ0) is 15.5. The van der Waals surface area contributed by atoms with Gasteiger partial charge in [-0.1, -0.05) is 12.8 Å². The van der Waals surface area contributed by atoms with E-state index in [2.05, 4.69) is 40.6 Å². The maximum atomic E-state index is 9.36. The van der Waals surface area contributed by atoms with Crippen molar-refractivity contribution in [3.8, 4) is 6.07 Å². The third-order valence-electron chi connectivity index (χ3n) is 4.51. The zero-order valence-electron chi connectivity index (χ0n) is 13.5. The average molecular weight is 287 g/mol. The van der Waals surface area contributed by atoms with Crippen LogP contribution in [0, 0.1) is 30.6 Å². The Balaban J connectivity index is 2.15. The lowest BCUT2D eigenvalue weighted by molar-refractivity contribution is 0.215. The molecule has 1 aromatic heterocycles. The highest BCUT2D eigenvalue weighted by atomic mass is 15.2. The quantitative estimate of drug-likeness (QED) is 0.901. The molecule has 0 unspecified atom stereocenters. The summed E-state index contributed by atoms with van der Waals surface area (Å²) < 4.78 is 0. The van der Waals surface area contributed by atoms with E-state index < -0.39 is 0 Å². The van der Waals surface area contributed by atoms with Crippen molar-refractivity contribution in [2.45, 2.75) is 39.5 Å². The van der Waals surface area contributed by atoms with Gasteiger partial charge in [-0.3, -0.25) is 0 Å². The molecule has 0 aliphatic heterocycles. The minimum absolute atomic E-state index is 0.288. The number of hydrogen-bond donors (Lipinski definition) is 1. The van der Waals surface area contributed by atoms with Crippen LogP contribution in [0.1, 0.15) is 42.5 Å². The van der Waals surface area contributed by atoms with Crippen LogP contribution in [-0.4, -0.2) is 42.3 Å². The molecule has 0 radical (unpaired) electrons. The minimum Gasteiger partial charge on any atom is -0.367 e. The first-order chi connectivity index (χ1) is 9.97. The van der Waals surface area contributed by atoms with E-state index in [4.69, 9.17) is 0 Å². The molecule has 21 heavy (non-hydrogen) atoms. The molecule has 1 aromatic rings. The minimum atomic E-state index is 0.288. The molecular weight excluding hydrogens is 262 g/mol. The molecule has 1 fully saturated rings. The van der Waals surface area contributed by atoms with E-state index in [1.807, 2.05) is 13.8 Å². The van der Waals surface area contributed by atoms with Crippen LogP contribution in [0.25, 0.3) is 0 Å². The van der Waals surface area contributed by atoms with Gasteiger partial charge in [-0.15, -0.1) is 5.10 Å². The summed E-state index contributed by atoms with van der Waals surface area (Å²) in [6.07, 6.45) is 5.05. The lowest BCUT2D eigenvalue weighted by atomic mass is 9.85. The number of nitriles is 1. The van der Waals surface area contributed by atoms with Crippen molar-refractivity contribution in [2.75, 3.05) is 32.5 Å². The van der Waals surface area contributed by atoms with Gasteiger partial charge in [-0.25, -0.2) is 0 Å². The monoisotopic (exact) mass is 287 g/mol. The normalized spacial score (nSPS) is 17.0. The van der Waals surface area contributed by atoms with Gasteiger partial charge in [0.15, 0.2) is 5.82 Å². The van der Waals surface area contributed by atoms with Crippen LogP contribution in [0.3, 0.4) is 0 Å². The van der Waals surface area contributed by atoms with Crippen molar-refractivity contribution in [1.82, 2.24) is 15.1 Å². The molecule has 5 heteroatoms. The molecule has 1 saturated carbocycles. The molecule has 1 N–H and O–H groups in total. The number of aromatic nitrogens is 2. The fourth-order valence-corrected chi connectivity index (χ4v) is 3.33. The summed E-state index contributed by atoms with van der Waals surface area (Å²) in [5, 5.41) is 21.1. The summed E-state index contributed by atoms with van der Waals surface area (Å²) in [6, 6.07) is 2.26. The number of anilines is 1. The van der Waals surface area contributed by atoms with Gasteiger partial charge < -0.3 is 10.2 Å². The third kappa shape index (κ3) is 3.51. The van der Waals surface area contributed by atoms with E-state index in [0.29, 0.717) is 11.4 Å². The summed E-state index contributed by atoms with van der Waals surface area (Å²) in [5.74, 6) is 0.630. The predicted molar refractivity (Wildman–Crippen MR) is 84.2 cm³/mol. The second-order valence-corrected chi connectivity index (χ2v) is 6.54. The Morgan fingerprint density at radius 2 is 1.90 bits per heavy atom. The molecule has 0 saturated heterocycles. The molecule has 1 heterocycles. The highest BCUT2D eigenvalue weighted by molar-refractivity contribution is 5.55. The van der Waals surface area contributed by atoms with Crippen LogP contribution in [-0.2, 0) is 0 Å². The summed E-state index contributed by atoms with van der Waals surface area (Å²) in [5.41, 5.74) is 2.65. The number of hydrogen-bond acceptors (Lipinski definition) is 5. The van der Waals surface area contributed by atoms with Gasteiger partial charge in [-0.2, -0.15) is 10.4 Å². The van der Waals surface area contributed by atoms with E-state index >= 15 is 0 Å². The zero-order valence-corrected chi connectivity index (χ0v) is 13.5. The molecule has 0 bridgehead atoms. The Morgan fingerprint density at radius 1 is 1.24 bits per heavy atom. The fourth-order valence-electron chi connectivity index (χ4n) is 3.33. The van der Waals surface area contributed by atoms with Crippen molar-refractivity contribution in [3.63, 3.8) is 0 Å². The lowest BCUT2D eigenvalue weighted by Crippen LogP contribution is -2.37. The molecule has 0 amide bonds. The molecule has 0 spiro atoms. The average Bonchev–Trinajstić information content (AvgIpc) is 2.88. The SMILES string of the molecule is Cc1nnc(NCC2(CN(C)C)CCCC2)c(C#N)c1C. The second-order valence-electron chi connectivity index (χ2n) is 6.54. The molecule has 5 nitrogen and oxygen atoms in total. The Labute approximate surface area is 127 Å². The van der Waals surface area contributed by atoms with E-state index in [0.717, 1.165) is 24.3 Å². The van der Waals surface area contributed by atoms with Gasteiger partial charge in [-0.05, 0) is 46.3 Å². The summed E-state index contributed by atoms with van der Waals surface area (Å²) in [7, 11) is 4.24. The maximum absolute atomic E-state index is 9.36.